The van der Waals surface area contributed by atoms with E-state index in [1.54, 1.807) is 0 Å². The maximum atomic E-state index is 12.5. The number of nitrogens with zero attached hydrogens (tertiary/aromatic N) is 1. The number of rotatable bonds is 4. The first-order valence-corrected chi connectivity index (χ1v) is 9.22. The molecule has 1 aliphatic heterocycles. The van der Waals surface area contributed by atoms with Crippen molar-refractivity contribution in [2.45, 2.75) is 38.1 Å². The number of aryl methyl sites for hydroxylation is 1. The van der Waals surface area contributed by atoms with Crippen LogP contribution in [0.3, 0.4) is 0 Å². The zero-order valence-corrected chi connectivity index (χ0v) is 14.2. The summed E-state index contributed by atoms with van der Waals surface area (Å²) in [5, 5.41) is 2.56. The average Bonchev–Trinajstić information content (AvgIpc) is 3.17. The Morgan fingerprint density at radius 3 is 2.75 bits per heavy atom. The van der Waals surface area contributed by atoms with Crippen molar-refractivity contribution in [1.82, 2.24) is 4.90 Å². The summed E-state index contributed by atoms with van der Waals surface area (Å²) < 4.78 is 0. The lowest BCUT2D eigenvalue weighted by molar-refractivity contribution is -0.130. The van der Waals surface area contributed by atoms with Gasteiger partial charge in [0, 0.05) is 25.6 Å². The zero-order valence-electron chi connectivity index (χ0n) is 14.2. The molecule has 126 valence electrons. The monoisotopic (exact) mass is 322 g/mol. The molecule has 0 spiro atoms. The number of nitrogens with two attached hydrogens (primary N) is 1. The summed E-state index contributed by atoms with van der Waals surface area (Å²) >= 11 is 0. The van der Waals surface area contributed by atoms with Crippen LogP contribution in [-0.4, -0.2) is 29.9 Å². The maximum Gasteiger partial charge on any atom is 0.222 e. The lowest BCUT2D eigenvalue weighted by Gasteiger charge is -2.18. The molecule has 0 bridgehead atoms. The molecule has 4 rings (SSSR count). The predicted octanol–water partition coefficient (Wildman–Crippen LogP) is 3.36. The molecule has 1 saturated carbocycles. The van der Waals surface area contributed by atoms with Gasteiger partial charge in [0.25, 0.3) is 0 Å². The highest BCUT2D eigenvalue weighted by Gasteiger charge is 2.42. The van der Waals surface area contributed by atoms with Crippen molar-refractivity contribution in [3.8, 4) is 0 Å². The molecule has 2 aromatic carbocycles. The van der Waals surface area contributed by atoms with Gasteiger partial charge in [-0.3, -0.25) is 4.79 Å². The van der Waals surface area contributed by atoms with E-state index in [2.05, 4.69) is 47.4 Å². The van der Waals surface area contributed by atoms with Gasteiger partial charge in [-0.15, -0.1) is 0 Å². The highest BCUT2D eigenvalue weighted by molar-refractivity contribution is 5.83. The van der Waals surface area contributed by atoms with Gasteiger partial charge in [-0.1, -0.05) is 42.5 Å². The molecule has 0 aromatic heterocycles. The molecule has 3 nitrogen and oxygen atoms in total. The molecule has 24 heavy (non-hydrogen) atoms. The van der Waals surface area contributed by atoms with E-state index >= 15 is 0 Å². The van der Waals surface area contributed by atoms with Gasteiger partial charge in [-0.25, -0.2) is 0 Å². The fourth-order valence-corrected chi connectivity index (χ4v) is 4.51. The standard InChI is InChI=1S/C21H26N2O/c22-20-11-10-18-13-23(14-19(18)20)21(24)7-3-4-15-8-9-16-5-1-2-6-17(16)12-15/h1-2,5-6,8-9,12,18-20H,3-4,7,10-11,13-14,22H2. The van der Waals surface area contributed by atoms with Gasteiger partial charge in [0.1, 0.15) is 0 Å². The Hall–Kier alpha value is -1.87. The summed E-state index contributed by atoms with van der Waals surface area (Å²) in [6.07, 6.45) is 4.89. The summed E-state index contributed by atoms with van der Waals surface area (Å²) in [5.41, 5.74) is 7.49. The van der Waals surface area contributed by atoms with Crippen molar-refractivity contribution in [2.24, 2.45) is 17.6 Å². The Bertz CT molecular complexity index is 741. The molecule has 2 aliphatic rings. The molecular weight excluding hydrogens is 296 g/mol. The van der Waals surface area contributed by atoms with Crippen LogP contribution in [0.25, 0.3) is 10.8 Å². The van der Waals surface area contributed by atoms with Crippen LogP contribution in [0.15, 0.2) is 42.5 Å². The van der Waals surface area contributed by atoms with Gasteiger partial charge in [0.05, 0.1) is 0 Å². The van der Waals surface area contributed by atoms with Crippen LogP contribution in [0.2, 0.25) is 0 Å². The molecule has 1 saturated heterocycles. The topological polar surface area (TPSA) is 46.3 Å². The quantitative estimate of drug-likeness (QED) is 0.938. The lowest BCUT2D eigenvalue weighted by atomic mass is 9.98. The second kappa shape index (κ2) is 6.56. The third kappa shape index (κ3) is 3.05. The molecule has 2 fully saturated rings. The van der Waals surface area contributed by atoms with Crippen molar-refractivity contribution < 1.29 is 4.79 Å². The van der Waals surface area contributed by atoms with Gasteiger partial charge in [-0.05, 0) is 53.9 Å². The fraction of sp³-hybridized carbons (Fsp3) is 0.476. The molecule has 1 amide bonds. The van der Waals surface area contributed by atoms with Crippen molar-refractivity contribution in [3.63, 3.8) is 0 Å². The van der Waals surface area contributed by atoms with Crippen LogP contribution >= 0.6 is 0 Å². The van der Waals surface area contributed by atoms with Gasteiger partial charge in [0.15, 0.2) is 0 Å². The zero-order chi connectivity index (χ0) is 16.5. The maximum absolute atomic E-state index is 12.5. The number of benzene rings is 2. The summed E-state index contributed by atoms with van der Waals surface area (Å²) in [6, 6.07) is 15.3. The van der Waals surface area contributed by atoms with Crippen LogP contribution in [0, 0.1) is 11.8 Å². The van der Waals surface area contributed by atoms with E-state index in [9.17, 15) is 4.79 Å². The first-order valence-electron chi connectivity index (χ1n) is 9.22. The van der Waals surface area contributed by atoms with Gasteiger partial charge >= 0.3 is 0 Å². The minimum atomic E-state index is 0.311. The number of carbonyl (C=O) groups is 1. The average molecular weight is 322 g/mol. The second-order valence-electron chi connectivity index (χ2n) is 7.50. The second-order valence-corrected chi connectivity index (χ2v) is 7.50. The van der Waals surface area contributed by atoms with E-state index in [1.807, 2.05) is 0 Å². The summed E-state index contributed by atoms with van der Waals surface area (Å²) in [5.74, 6) is 1.52. The molecule has 2 N–H and O–H groups in total. The third-order valence-electron chi connectivity index (χ3n) is 5.94. The number of amides is 1. The van der Waals surface area contributed by atoms with E-state index in [4.69, 9.17) is 5.73 Å². The summed E-state index contributed by atoms with van der Waals surface area (Å²) in [7, 11) is 0. The summed E-state index contributed by atoms with van der Waals surface area (Å²) in [6.45, 7) is 1.83. The van der Waals surface area contributed by atoms with E-state index in [0.29, 0.717) is 30.2 Å². The van der Waals surface area contributed by atoms with Crippen LogP contribution in [-0.2, 0) is 11.2 Å². The SMILES string of the molecule is NC1CCC2CN(C(=O)CCCc3ccc4ccccc4c3)CC12. The Morgan fingerprint density at radius 1 is 1.08 bits per heavy atom. The van der Waals surface area contributed by atoms with Crippen LogP contribution in [0.5, 0.6) is 0 Å². The Labute approximate surface area is 143 Å². The number of fused-ring (bicyclic) bond motifs is 2. The van der Waals surface area contributed by atoms with Crippen molar-refractivity contribution >= 4 is 16.7 Å². The highest BCUT2D eigenvalue weighted by atomic mass is 16.2. The van der Waals surface area contributed by atoms with E-state index in [-0.39, 0.29) is 0 Å². The molecule has 1 aliphatic carbocycles. The molecule has 3 unspecified atom stereocenters. The molecule has 1 heterocycles. The number of carbonyl (C=O) groups excluding carboxylic acids is 1. The van der Waals surface area contributed by atoms with Gasteiger partial charge < -0.3 is 10.6 Å². The first-order chi connectivity index (χ1) is 11.7. The van der Waals surface area contributed by atoms with Crippen molar-refractivity contribution in [3.05, 3.63) is 48.0 Å². The molecule has 0 radical (unpaired) electrons. The Morgan fingerprint density at radius 2 is 1.92 bits per heavy atom. The molecule has 3 atom stereocenters. The normalized spacial score (nSPS) is 26.0. The summed E-state index contributed by atoms with van der Waals surface area (Å²) in [4.78, 5) is 14.5. The molecule has 2 aromatic rings. The van der Waals surface area contributed by atoms with E-state index in [0.717, 1.165) is 32.4 Å². The van der Waals surface area contributed by atoms with Crippen LogP contribution in [0.1, 0.15) is 31.2 Å². The minimum absolute atomic E-state index is 0.311. The van der Waals surface area contributed by atoms with Crippen molar-refractivity contribution in [1.29, 1.82) is 0 Å². The highest BCUT2D eigenvalue weighted by Crippen LogP contribution is 2.37. The third-order valence-corrected chi connectivity index (χ3v) is 5.94. The fourth-order valence-electron chi connectivity index (χ4n) is 4.51. The number of hydrogen-bond donors (Lipinski definition) is 1. The minimum Gasteiger partial charge on any atom is -0.342 e. The van der Waals surface area contributed by atoms with E-state index in [1.165, 1.54) is 22.8 Å². The molecular formula is C21H26N2O. The Balaban J connectivity index is 1.30. The van der Waals surface area contributed by atoms with Crippen LogP contribution < -0.4 is 5.73 Å². The smallest absolute Gasteiger partial charge is 0.222 e. The van der Waals surface area contributed by atoms with Gasteiger partial charge in [-0.2, -0.15) is 0 Å². The number of hydrogen-bond acceptors (Lipinski definition) is 2. The lowest BCUT2D eigenvalue weighted by Crippen LogP contribution is -2.33. The molecule has 3 heteroatoms. The first kappa shape index (κ1) is 15.6. The van der Waals surface area contributed by atoms with E-state index < -0.39 is 0 Å². The Kier molecular flexibility index (Phi) is 4.28. The predicted molar refractivity (Wildman–Crippen MR) is 97.7 cm³/mol. The number of likely N-dealkylation sites (tertiary alicyclic amines) is 1. The van der Waals surface area contributed by atoms with Crippen LogP contribution in [0.4, 0.5) is 0 Å². The largest absolute Gasteiger partial charge is 0.342 e. The van der Waals surface area contributed by atoms with Gasteiger partial charge in [0.2, 0.25) is 5.91 Å². The van der Waals surface area contributed by atoms with Crippen molar-refractivity contribution in [2.75, 3.05) is 13.1 Å².